The average molecular weight is 214 g/mol. The first-order valence-corrected chi connectivity index (χ1v) is 5.42. The van der Waals surface area contributed by atoms with Crippen LogP contribution >= 0.6 is 0 Å². The molecule has 0 atom stereocenters. The molecule has 0 saturated carbocycles. The molecule has 0 radical (unpaired) electrons. The lowest BCUT2D eigenvalue weighted by Gasteiger charge is -2.01. The second kappa shape index (κ2) is 5.26. The number of carbonyl (C=O) groups is 1. The van der Waals surface area contributed by atoms with Gasteiger partial charge in [-0.25, -0.2) is 0 Å². The minimum Gasteiger partial charge on any atom is -0.294 e. The highest BCUT2D eigenvalue weighted by Crippen LogP contribution is 2.05. The maximum Gasteiger partial charge on any atom is 0.162 e. The number of carbonyl (C=O) groups excluding carboxylic acids is 1. The van der Waals surface area contributed by atoms with Crippen LogP contribution in [0.25, 0.3) is 0 Å². The smallest absolute Gasteiger partial charge is 0.162 e. The first kappa shape index (κ1) is 10.6. The Hall–Kier alpha value is -1.90. The SMILES string of the molecule is O=C(CCCn1cccn1)c1ccccc1. The van der Waals surface area contributed by atoms with Crippen LogP contribution in [-0.4, -0.2) is 15.6 Å². The van der Waals surface area contributed by atoms with Crippen molar-refractivity contribution in [3.63, 3.8) is 0 Å². The van der Waals surface area contributed by atoms with E-state index >= 15 is 0 Å². The van der Waals surface area contributed by atoms with E-state index in [9.17, 15) is 4.79 Å². The summed E-state index contributed by atoms with van der Waals surface area (Å²) in [7, 11) is 0. The third-order valence-corrected chi connectivity index (χ3v) is 2.45. The van der Waals surface area contributed by atoms with Gasteiger partial charge in [0.1, 0.15) is 0 Å². The average Bonchev–Trinajstić information content (AvgIpc) is 2.83. The monoisotopic (exact) mass is 214 g/mol. The molecule has 0 fully saturated rings. The maximum absolute atomic E-state index is 11.7. The van der Waals surface area contributed by atoms with Gasteiger partial charge in [0.15, 0.2) is 5.78 Å². The molecule has 0 aliphatic rings. The minimum atomic E-state index is 0.202. The van der Waals surface area contributed by atoms with Crippen LogP contribution < -0.4 is 0 Å². The molecule has 0 spiro atoms. The van der Waals surface area contributed by atoms with E-state index in [1.54, 1.807) is 6.20 Å². The zero-order valence-corrected chi connectivity index (χ0v) is 9.04. The number of hydrogen-bond donors (Lipinski definition) is 0. The van der Waals surface area contributed by atoms with E-state index in [4.69, 9.17) is 0 Å². The van der Waals surface area contributed by atoms with Gasteiger partial charge >= 0.3 is 0 Å². The molecule has 16 heavy (non-hydrogen) atoms. The molecule has 2 rings (SSSR count). The Morgan fingerprint density at radius 2 is 2.00 bits per heavy atom. The van der Waals surface area contributed by atoms with Crippen LogP contribution in [0, 0.1) is 0 Å². The summed E-state index contributed by atoms with van der Waals surface area (Å²) < 4.78 is 1.85. The molecule has 0 bridgehead atoms. The lowest BCUT2D eigenvalue weighted by molar-refractivity contribution is 0.0978. The lowest BCUT2D eigenvalue weighted by Crippen LogP contribution is -2.03. The molecule has 82 valence electrons. The van der Waals surface area contributed by atoms with Crippen LogP contribution in [0.4, 0.5) is 0 Å². The molecule has 0 N–H and O–H groups in total. The van der Waals surface area contributed by atoms with Crippen molar-refractivity contribution < 1.29 is 4.79 Å². The lowest BCUT2D eigenvalue weighted by atomic mass is 10.1. The molecule has 2 aromatic rings. The van der Waals surface area contributed by atoms with E-state index in [1.807, 2.05) is 47.3 Å². The van der Waals surface area contributed by atoms with Gasteiger partial charge in [0.2, 0.25) is 0 Å². The van der Waals surface area contributed by atoms with Crippen molar-refractivity contribution in [3.8, 4) is 0 Å². The standard InChI is InChI=1S/C13H14N2O/c16-13(12-6-2-1-3-7-12)8-4-10-15-11-5-9-14-15/h1-3,5-7,9,11H,4,8,10H2. The highest BCUT2D eigenvalue weighted by Gasteiger charge is 2.04. The van der Waals surface area contributed by atoms with E-state index in [-0.39, 0.29) is 5.78 Å². The zero-order valence-electron chi connectivity index (χ0n) is 9.04. The first-order valence-electron chi connectivity index (χ1n) is 5.42. The fourth-order valence-corrected chi connectivity index (χ4v) is 1.60. The predicted molar refractivity (Wildman–Crippen MR) is 62.2 cm³/mol. The van der Waals surface area contributed by atoms with Crippen molar-refractivity contribution in [1.82, 2.24) is 9.78 Å². The van der Waals surface area contributed by atoms with Crippen molar-refractivity contribution in [1.29, 1.82) is 0 Å². The number of hydrogen-bond acceptors (Lipinski definition) is 2. The van der Waals surface area contributed by atoms with Crippen LogP contribution in [0.5, 0.6) is 0 Å². The van der Waals surface area contributed by atoms with Crippen molar-refractivity contribution in [2.24, 2.45) is 0 Å². The molecule has 1 aromatic heterocycles. The van der Waals surface area contributed by atoms with E-state index < -0.39 is 0 Å². The van der Waals surface area contributed by atoms with Gasteiger partial charge < -0.3 is 0 Å². The van der Waals surface area contributed by atoms with Gasteiger partial charge in [-0.3, -0.25) is 9.48 Å². The normalized spacial score (nSPS) is 10.2. The zero-order chi connectivity index (χ0) is 11.2. The summed E-state index contributed by atoms with van der Waals surface area (Å²) in [5.41, 5.74) is 0.794. The second-order valence-electron chi connectivity index (χ2n) is 3.66. The summed E-state index contributed by atoms with van der Waals surface area (Å²) >= 11 is 0. The molecule has 0 unspecified atom stereocenters. The van der Waals surface area contributed by atoms with Gasteiger partial charge in [-0.05, 0) is 12.5 Å². The molecule has 1 heterocycles. The first-order chi connectivity index (χ1) is 7.86. The Balaban J connectivity index is 1.81. The number of rotatable bonds is 5. The summed E-state index contributed by atoms with van der Waals surface area (Å²) in [4.78, 5) is 11.7. The largest absolute Gasteiger partial charge is 0.294 e. The Kier molecular flexibility index (Phi) is 3.49. The van der Waals surface area contributed by atoms with Crippen LogP contribution in [-0.2, 0) is 6.54 Å². The number of nitrogens with zero attached hydrogens (tertiary/aromatic N) is 2. The van der Waals surface area contributed by atoms with Crippen LogP contribution in [0.15, 0.2) is 48.8 Å². The predicted octanol–water partition coefficient (Wildman–Crippen LogP) is 2.55. The summed E-state index contributed by atoms with van der Waals surface area (Å²) in [5.74, 6) is 0.202. The maximum atomic E-state index is 11.7. The summed E-state index contributed by atoms with van der Waals surface area (Å²) in [6, 6.07) is 11.3. The Morgan fingerprint density at radius 3 is 2.69 bits per heavy atom. The van der Waals surface area contributed by atoms with Crippen molar-refractivity contribution >= 4 is 5.78 Å². The molecule has 0 saturated heterocycles. The highest BCUT2D eigenvalue weighted by molar-refractivity contribution is 5.95. The molecule has 1 aromatic carbocycles. The number of aromatic nitrogens is 2. The fraction of sp³-hybridized carbons (Fsp3) is 0.231. The molecule has 3 nitrogen and oxygen atoms in total. The minimum absolute atomic E-state index is 0.202. The van der Waals surface area contributed by atoms with E-state index in [1.165, 1.54) is 0 Å². The van der Waals surface area contributed by atoms with Crippen molar-refractivity contribution in [2.45, 2.75) is 19.4 Å². The molecule has 0 aliphatic carbocycles. The van der Waals surface area contributed by atoms with Crippen molar-refractivity contribution in [2.75, 3.05) is 0 Å². The van der Waals surface area contributed by atoms with Crippen LogP contribution in [0.1, 0.15) is 23.2 Å². The Bertz CT molecular complexity index is 434. The van der Waals surface area contributed by atoms with Gasteiger partial charge in [0, 0.05) is 30.9 Å². The van der Waals surface area contributed by atoms with Gasteiger partial charge in [-0.15, -0.1) is 0 Å². The quantitative estimate of drug-likeness (QED) is 0.717. The number of aryl methyl sites for hydroxylation is 1. The van der Waals surface area contributed by atoms with Crippen molar-refractivity contribution in [3.05, 3.63) is 54.4 Å². The number of Topliss-reactive ketones (excluding diaryl/α,β-unsaturated/α-hetero) is 1. The molecule has 0 amide bonds. The number of ketones is 1. The molecule has 3 heteroatoms. The summed E-state index contributed by atoms with van der Waals surface area (Å²) in [6.07, 6.45) is 5.06. The Labute approximate surface area is 94.7 Å². The number of benzene rings is 1. The van der Waals surface area contributed by atoms with Gasteiger partial charge in [0.05, 0.1) is 0 Å². The third-order valence-electron chi connectivity index (χ3n) is 2.45. The topological polar surface area (TPSA) is 34.9 Å². The summed E-state index contributed by atoms with van der Waals surface area (Å²) in [6.45, 7) is 0.797. The third kappa shape index (κ3) is 2.79. The molecular formula is C13H14N2O. The molecular weight excluding hydrogens is 200 g/mol. The van der Waals surface area contributed by atoms with Gasteiger partial charge in [-0.1, -0.05) is 30.3 Å². The van der Waals surface area contributed by atoms with E-state index in [2.05, 4.69) is 5.10 Å². The van der Waals surface area contributed by atoms with E-state index in [0.29, 0.717) is 6.42 Å². The van der Waals surface area contributed by atoms with Gasteiger partial charge in [0.25, 0.3) is 0 Å². The molecule has 0 aliphatic heterocycles. The summed E-state index contributed by atoms with van der Waals surface area (Å²) in [5, 5.41) is 4.09. The van der Waals surface area contributed by atoms with Gasteiger partial charge in [-0.2, -0.15) is 5.10 Å². The Morgan fingerprint density at radius 1 is 1.19 bits per heavy atom. The van der Waals surface area contributed by atoms with Crippen LogP contribution in [0.2, 0.25) is 0 Å². The fourth-order valence-electron chi connectivity index (χ4n) is 1.60. The second-order valence-corrected chi connectivity index (χ2v) is 3.66. The highest BCUT2D eigenvalue weighted by atomic mass is 16.1. The van der Waals surface area contributed by atoms with Crippen LogP contribution in [0.3, 0.4) is 0 Å². The van der Waals surface area contributed by atoms with E-state index in [0.717, 1.165) is 18.5 Å².